The number of hydrogen-bond acceptors (Lipinski definition) is 4. The van der Waals surface area contributed by atoms with E-state index in [1.807, 2.05) is 0 Å². The molecule has 1 amide bonds. The predicted octanol–water partition coefficient (Wildman–Crippen LogP) is 2.99. The first-order valence-corrected chi connectivity index (χ1v) is 8.33. The lowest BCUT2D eigenvalue weighted by atomic mass is 9.53. The third-order valence-electron chi connectivity index (χ3n) is 6.06. The molecule has 3 aliphatic carbocycles. The molecule has 9 heteroatoms. The van der Waals surface area contributed by atoms with Crippen LogP contribution < -0.4 is 5.32 Å². The zero-order chi connectivity index (χ0) is 17.7. The SMILES string of the molecule is O=C(NCC12CCC(C(F)(F)F)(CC1)CC2)c1ncnc2nc[nH]c12. The fourth-order valence-corrected chi connectivity index (χ4v) is 4.24. The van der Waals surface area contributed by atoms with Gasteiger partial charge < -0.3 is 10.3 Å². The average Bonchev–Trinajstić information content (AvgIpc) is 3.09. The molecule has 2 heterocycles. The van der Waals surface area contributed by atoms with Crippen LogP contribution in [-0.2, 0) is 0 Å². The second-order valence-corrected chi connectivity index (χ2v) is 7.28. The molecule has 3 fully saturated rings. The summed E-state index contributed by atoms with van der Waals surface area (Å²) in [6.45, 7) is 0.374. The van der Waals surface area contributed by atoms with Gasteiger partial charge in [0.25, 0.3) is 5.91 Å². The van der Waals surface area contributed by atoms with Crippen LogP contribution in [0.5, 0.6) is 0 Å². The number of carbonyl (C=O) groups excluding carboxylic acids is 1. The highest BCUT2D eigenvalue weighted by Crippen LogP contribution is 2.62. The minimum Gasteiger partial charge on any atom is -0.350 e. The van der Waals surface area contributed by atoms with Crippen molar-refractivity contribution in [1.82, 2.24) is 25.3 Å². The van der Waals surface area contributed by atoms with Crippen LogP contribution in [0, 0.1) is 10.8 Å². The van der Waals surface area contributed by atoms with E-state index < -0.39 is 11.6 Å². The maximum absolute atomic E-state index is 13.3. The number of aromatic amines is 1. The Bertz CT molecular complexity index is 791. The molecule has 2 aromatic rings. The molecule has 0 atom stereocenters. The highest BCUT2D eigenvalue weighted by atomic mass is 19.4. The molecule has 2 bridgehead atoms. The van der Waals surface area contributed by atoms with Gasteiger partial charge in [0.2, 0.25) is 0 Å². The largest absolute Gasteiger partial charge is 0.394 e. The van der Waals surface area contributed by atoms with Crippen LogP contribution in [0.4, 0.5) is 13.2 Å². The van der Waals surface area contributed by atoms with Crippen LogP contribution in [0.1, 0.15) is 49.0 Å². The van der Waals surface area contributed by atoms with Gasteiger partial charge in [0.15, 0.2) is 11.3 Å². The Balaban J connectivity index is 1.44. The van der Waals surface area contributed by atoms with E-state index in [0.29, 0.717) is 37.0 Å². The number of halogens is 3. The first-order valence-electron chi connectivity index (χ1n) is 8.33. The standard InChI is InChI=1S/C16H18F3N5O/c17-16(18,19)15-4-1-14(2-5-15,3-6-15)7-20-13(25)11-10-12(23-8-21-10)24-9-22-11/h8-9H,1-7H2,(H,20,25)(H,21,22,23,24). The monoisotopic (exact) mass is 353 g/mol. The Labute approximate surface area is 141 Å². The number of aromatic nitrogens is 4. The summed E-state index contributed by atoms with van der Waals surface area (Å²) < 4.78 is 39.9. The summed E-state index contributed by atoms with van der Waals surface area (Å²) in [6, 6.07) is 0. The lowest BCUT2D eigenvalue weighted by Crippen LogP contribution is -2.52. The molecule has 2 aromatic heterocycles. The molecule has 3 saturated carbocycles. The van der Waals surface area contributed by atoms with Gasteiger partial charge in [-0.05, 0) is 43.9 Å². The van der Waals surface area contributed by atoms with Gasteiger partial charge in [-0.3, -0.25) is 4.79 Å². The number of H-pyrrole nitrogens is 1. The second-order valence-electron chi connectivity index (χ2n) is 7.28. The van der Waals surface area contributed by atoms with E-state index in [1.54, 1.807) is 0 Å². The van der Waals surface area contributed by atoms with Crippen molar-refractivity contribution >= 4 is 17.1 Å². The average molecular weight is 353 g/mol. The Hall–Kier alpha value is -2.19. The van der Waals surface area contributed by atoms with E-state index >= 15 is 0 Å². The van der Waals surface area contributed by atoms with E-state index in [-0.39, 0.29) is 36.3 Å². The lowest BCUT2D eigenvalue weighted by molar-refractivity contribution is -0.259. The van der Waals surface area contributed by atoms with Gasteiger partial charge in [-0.25, -0.2) is 15.0 Å². The number of amides is 1. The summed E-state index contributed by atoms with van der Waals surface area (Å²) in [5.41, 5.74) is -0.671. The van der Waals surface area contributed by atoms with Crippen molar-refractivity contribution in [2.24, 2.45) is 10.8 Å². The molecule has 0 spiro atoms. The van der Waals surface area contributed by atoms with Gasteiger partial charge in [0, 0.05) is 6.54 Å². The van der Waals surface area contributed by atoms with Crippen molar-refractivity contribution in [3.8, 4) is 0 Å². The van der Waals surface area contributed by atoms with E-state index in [4.69, 9.17) is 0 Å². The van der Waals surface area contributed by atoms with Crippen LogP contribution >= 0.6 is 0 Å². The van der Waals surface area contributed by atoms with Gasteiger partial charge in [0.05, 0.1) is 11.7 Å². The molecule has 0 aromatic carbocycles. The minimum atomic E-state index is -4.13. The number of imidazole rings is 1. The zero-order valence-corrected chi connectivity index (χ0v) is 13.5. The fraction of sp³-hybridized carbons (Fsp3) is 0.625. The lowest BCUT2D eigenvalue weighted by Gasteiger charge is -2.53. The molecule has 134 valence electrons. The highest BCUT2D eigenvalue weighted by molar-refractivity contribution is 6.01. The van der Waals surface area contributed by atoms with Gasteiger partial charge in [-0.2, -0.15) is 13.2 Å². The zero-order valence-electron chi connectivity index (χ0n) is 13.5. The first kappa shape index (κ1) is 16.3. The number of nitrogens with one attached hydrogen (secondary N) is 2. The summed E-state index contributed by atoms with van der Waals surface area (Å²) in [4.78, 5) is 27.2. The fourth-order valence-electron chi connectivity index (χ4n) is 4.24. The molecule has 0 aliphatic heterocycles. The normalized spacial score (nSPS) is 29.1. The number of alkyl halides is 3. The molecule has 0 radical (unpaired) electrons. The topological polar surface area (TPSA) is 83.6 Å². The van der Waals surface area contributed by atoms with E-state index in [1.165, 1.54) is 12.7 Å². The summed E-state index contributed by atoms with van der Waals surface area (Å²) in [6.07, 6.45) is 0.543. The molecule has 3 aliphatic rings. The van der Waals surface area contributed by atoms with Crippen LogP contribution in [0.2, 0.25) is 0 Å². The Morgan fingerprint density at radius 1 is 1.12 bits per heavy atom. The van der Waals surface area contributed by atoms with E-state index in [0.717, 1.165) is 0 Å². The number of rotatable bonds is 3. The molecule has 5 rings (SSSR count). The third kappa shape index (κ3) is 2.56. The number of nitrogens with zero attached hydrogens (tertiary/aromatic N) is 3. The Kier molecular flexibility index (Phi) is 3.52. The maximum Gasteiger partial charge on any atom is 0.394 e. The maximum atomic E-state index is 13.3. The van der Waals surface area contributed by atoms with Crippen molar-refractivity contribution in [3.05, 3.63) is 18.3 Å². The molecular formula is C16H18F3N5O. The van der Waals surface area contributed by atoms with E-state index in [2.05, 4.69) is 25.3 Å². The molecular weight excluding hydrogens is 335 g/mol. The van der Waals surface area contributed by atoms with Crippen LogP contribution in [0.25, 0.3) is 11.2 Å². The van der Waals surface area contributed by atoms with Gasteiger partial charge in [0.1, 0.15) is 11.8 Å². The van der Waals surface area contributed by atoms with Crippen LogP contribution in [0.15, 0.2) is 12.7 Å². The predicted molar refractivity (Wildman–Crippen MR) is 82.6 cm³/mol. The van der Waals surface area contributed by atoms with Gasteiger partial charge >= 0.3 is 6.18 Å². The number of hydrogen-bond donors (Lipinski definition) is 2. The van der Waals surface area contributed by atoms with Gasteiger partial charge in [-0.15, -0.1) is 0 Å². The van der Waals surface area contributed by atoms with Crippen LogP contribution in [-0.4, -0.2) is 38.6 Å². The molecule has 0 unspecified atom stereocenters. The second kappa shape index (κ2) is 5.40. The summed E-state index contributed by atoms with van der Waals surface area (Å²) in [5, 5.41) is 2.86. The molecule has 6 nitrogen and oxygen atoms in total. The van der Waals surface area contributed by atoms with Crippen molar-refractivity contribution < 1.29 is 18.0 Å². The smallest absolute Gasteiger partial charge is 0.350 e. The number of carbonyl (C=O) groups is 1. The van der Waals surface area contributed by atoms with Crippen LogP contribution in [0.3, 0.4) is 0 Å². The quantitative estimate of drug-likeness (QED) is 0.889. The van der Waals surface area contributed by atoms with Crippen molar-refractivity contribution in [1.29, 1.82) is 0 Å². The number of fused-ring (bicyclic) bond motifs is 4. The Morgan fingerprint density at radius 2 is 1.80 bits per heavy atom. The van der Waals surface area contributed by atoms with Crippen molar-refractivity contribution in [3.63, 3.8) is 0 Å². The van der Waals surface area contributed by atoms with Crippen molar-refractivity contribution in [2.75, 3.05) is 6.54 Å². The van der Waals surface area contributed by atoms with Crippen molar-refractivity contribution in [2.45, 2.75) is 44.7 Å². The molecule has 2 N–H and O–H groups in total. The highest BCUT2D eigenvalue weighted by Gasteiger charge is 2.61. The first-order chi connectivity index (χ1) is 11.8. The summed E-state index contributed by atoms with van der Waals surface area (Å²) in [7, 11) is 0. The third-order valence-corrected chi connectivity index (χ3v) is 6.06. The van der Waals surface area contributed by atoms with E-state index in [9.17, 15) is 18.0 Å². The molecule has 25 heavy (non-hydrogen) atoms. The summed E-state index contributed by atoms with van der Waals surface area (Å²) in [5.74, 6) is -0.357. The summed E-state index contributed by atoms with van der Waals surface area (Å²) >= 11 is 0. The molecule has 0 saturated heterocycles. The minimum absolute atomic E-state index is 0.157. The Morgan fingerprint density at radius 3 is 2.44 bits per heavy atom. The van der Waals surface area contributed by atoms with Gasteiger partial charge in [-0.1, -0.05) is 0 Å².